The number of rotatable bonds is 3. The molecule has 116 valence electrons. The summed E-state index contributed by atoms with van der Waals surface area (Å²) in [5, 5.41) is 2.29. The Morgan fingerprint density at radius 2 is 2.00 bits per heavy atom. The molecule has 0 aliphatic heterocycles. The molecule has 0 aliphatic carbocycles. The van der Waals surface area contributed by atoms with Crippen molar-refractivity contribution in [1.29, 1.82) is 0 Å². The van der Waals surface area contributed by atoms with E-state index in [4.69, 9.17) is 14.1 Å². The standard InChI is InChI=1S/C15H10ClIN4OS/c1-20-8-11(9-4-2-3-5-12(9)20)13-10-6-7-21(23-22-17)14(10)19-15(16)18-13/h2-8H,1H3. The minimum absolute atomic E-state index is 0.217. The quantitative estimate of drug-likeness (QED) is 0.247. The average molecular weight is 457 g/mol. The largest absolute Gasteiger partial charge is 0.350 e. The van der Waals surface area contributed by atoms with Crippen molar-refractivity contribution in [3.8, 4) is 11.3 Å². The summed E-state index contributed by atoms with van der Waals surface area (Å²) in [5.74, 6) is 0. The predicted molar refractivity (Wildman–Crippen MR) is 103 cm³/mol. The van der Waals surface area contributed by atoms with E-state index in [1.54, 1.807) is 0 Å². The van der Waals surface area contributed by atoms with Gasteiger partial charge in [-0.15, -0.1) is 0 Å². The van der Waals surface area contributed by atoms with Gasteiger partial charge in [0.25, 0.3) is 0 Å². The van der Waals surface area contributed by atoms with E-state index in [-0.39, 0.29) is 5.28 Å². The maximum Gasteiger partial charge on any atom is 0.224 e. The highest BCUT2D eigenvalue weighted by atomic mass is 127. The molecule has 23 heavy (non-hydrogen) atoms. The number of nitrogens with zero attached hydrogens (tertiary/aromatic N) is 4. The third kappa shape index (κ3) is 2.51. The van der Waals surface area contributed by atoms with Gasteiger partial charge in [-0.1, -0.05) is 18.2 Å². The molecular weight excluding hydrogens is 447 g/mol. The molecule has 3 heterocycles. The molecule has 0 radical (unpaired) electrons. The maximum atomic E-state index is 6.17. The second-order valence-corrected chi connectivity index (χ2v) is 7.11. The monoisotopic (exact) mass is 456 g/mol. The van der Waals surface area contributed by atoms with Gasteiger partial charge in [-0.2, -0.15) is 4.98 Å². The lowest BCUT2D eigenvalue weighted by Crippen LogP contribution is -1.92. The molecule has 0 saturated heterocycles. The third-order valence-corrected chi connectivity index (χ3v) is 4.91. The zero-order chi connectivity index (χ0) is 16.0. The van der Waals surface area contributed by atoms with Crippen LogP contribution in [0.1, 0.15) is 0 Å². The van der Waals surface area contributed by atoms with Crippen molar-refractivity contribution in [2.24, 2.45) is 7.05 Å². The average Bonchev–Trinajstić information content (AvgIpc) is 3.10. The smallest absolute Gasteiger partial charge is 0.224 e. The number of halogens is 2. The predicted octanol–water partition coefficient (Wildman–Crippen LogP) is 5.02. The number of fused-ring (bicyclic) bond motifs is 2. The lowest BCUT2D eigenvalue weighted by molar-refractivity contribution is 0.830. The van der Waals surface area contributed by atoms with Gasteiger partial charge >= 0.3 is 0 Å². The first-order valence-corrected chi connectivity index (χ1v) is 8.69. The molecule has 0 atom stereocenters. The van der Waals surface area contributed by atoms with Gasteiger partial charge in [-0.3, -0.25) is 3.97 Å². The van der Waals surface area contributed by atoms with Crippen molar-refractivity contribution >= 4 is 68.8 Å². The Labute approximate surface area is 155 Å². The summed E-state index contributed by atoms with van der Waals surface area (Å²) >= 11 is 9.18. The van der Waals surface area contributed by atoms with Crippen LogP contribution in [-0.4, -0.2) is 18.5 Å². The van der Waals surface area contributed by atoms with E-state index in [0.717, 1.165) is 33.2 Å². The van der Waals surface area contributed by atoms with Crippen LogP contribution in [-0.2, 0) is 9.56 Å². The van der Waals surface area contributed by atoms with E-state index in [0.29, 0.717) is 0 Å². The van der Waals surface area contributed by atoms with Crippen molar-refractivity contribution in [2.45, 2.75) is 0 Å². The molecule has 0 N–H and O–H groups in total. The highest BCUT2D eigenvalue weighted by Gasteiger charge is 2.17. The second-order valence-electron chi connectivity index (χ2n) is 5.03. The first-order valence-electron chi connectivity index (χ1n) is 6.74. The summed E-state index contributed by atoms with van der Waals surface area (Å²) in [5.41, 5.74) is 3.74. The fourth-order valence-electron chi connectivity index (χ4n) is 2.79. The van der Waals surface area contributed by atoms with Crippen molar-refractivity contribution < 1.29 is 2.51 Å². The molecule has 5 nitrogen and oxygen atoms in total. The van der Waals surface area contributed by atoms with Crippen molar-refractivity contribution in [2.75, 3.05) is 0 Å². The van der Waals surface area contributed by atoms with Gasteiger partial charge in [0.05, 0.1) is 5.69 Å². The van der Waals surface area contributed by atoms with Crippen LogP contribution in [0.4, 0.5) is 0 Å². The number of hydrogen-bond donors (Lipinski definition) is 0. The molecule has 0 amide bonds. The molecule has 0 aliphatic rings. The van der Waals surface area contributed by atoms with Gasteiger partial charge in [-0.05, 0) is 23.7 Å². The molecule has 1 aromatic carbocycles. The number of para-hydroxylation sites is 1. The summed E-state index contributed by atoms with van der Waals surface area (Å²) in [6.45, 7) is 0. The number of hydrogen-bond acceptors (Lipinski definition) is 4. The minimum atomic E-state index is 0.217. The molecule has 8 heteroatoms. The van der Waals surface area contributed by atoms with Crippen LogP contribution in [0.2, 0.25) is 5.28 Å². The number of aromatic nitrogens is 4. The Balaban J connectivity index is 2.04. The number of benzene rings is 1. The van der Waals surface area contributed by atoms with E-state index in [9.17, 15) is 0 Å². The van der Waals surface area contributed by atoms with Crippen molar-refractivity contribution in [3.63, 3.8) is 0 Å². The fourth-order valence-corrected chi connectivity index (χ4v) is 3.86. The zero-order valence-corrected chi connectivity index (χ0v) is 15.6. The highest BCUT2D eigenvalue weighted by molar-refractivity contribution is 14.1. The first kappa shape index (κ1) is 15.3. The van der Waals surface area contributed by atoms with Crippen molar-refractivity contribution in [1.82, 2.24) is 18.5 Å². The normalized spacial score (nSPS) is 11.6. The van der Waals surface area contributed by atoms with E-state index >= 15 is 0 Å². The minimum Gasteiger partial charge on any atom is -0.350 e. The Morgan fingerprint density at radius 1 is 1.17 bits per heavy atom. The van der Waals surface area contributed by atoms with Crippen LogP contribution in [0.15, 0.2) is 42.7 Å². The van der Waals surface area contributed by atoms with Crippen LogP contribution < -0.4 is 0 Å². The lowest BCUT2D eigenvalue weighted by atomic mass is 10.1. The Bertz CT molecular complexity index is 1030. The molecule has 0 unspecified atom stereocenters. The molecule has 3 aromatic heterocycles. The zero-order valence-electron chi connectivity index (χ0n) is 11.9. The van der Waals surface area contributed by atoms with E-state index in [2.05, 4.69) is 32.9 Å². The van der Waals surface area contributed by atoms with Crippen molar-refractivity contribution in [3.05, 3.63) is 48.0 Å². The molecule has 0 spiro atoms. The molecular formula is C15H10ClIN4OS. The van der Waals surface area contributed by atoms with Crippen LogP contribution in [0.25, 0.3) is 33.2 Å². The summed E-state index contributed by atoms with van der Waals surface area (Å²) in [6.07, 6.45) is 3.97. The van der Waals surface area contributed by atoms with Crippen LogP contribution in [0, 0.1) is 0 Å². The summed E-state index contributed by atoms with van der Waals surface area (Å²) in [7, 11) is 2.02. The molecule has 0 bridgehead atoms. The second kappa shape index (κ2) is 5.97. The van der Waals surface area contributed by atoms with Gasteiger partial charge in [0, 0.05) is 41.3 Å². The first-order chi connectivity index (χ1) is 11.2. The fraction of sp³-hybridized carbons (Fsp3) is 0.0667. The van der Waals surface area contributed by atoms with Gasteiger partial charge < -0.3 is 4.57 Å². The number of aryl methyl sites for hydroxylation is 1. The van der Waals surface area contributed by atoms with Gasteiger partial charge in [0.2, 0.25) is 5.28 Å². The Kier molecular flexibility index (Phi) is 3.96. The van der Waals surface area contributed by atoms with Crippen LogP contribution in [0.5, 0.6) is 0 Å². The molecule has 0 saturated carbocycles. The van der Waals surface area contributed by atoms with Gasteiger partial charge in [0.15, 0.2) is 5.65 Å². The lowest BCUT2D eigenvalue weighted by Gasteiger charge is -2.04. The SMILES string of the molecule is Cn1cc(-c2nc(Cl)nc3c2ccn3SOI)c2ccccc21. The third-order valence-electron chi connectivity index (χ3n) is 3.74. The van der Waals surface area contributed by atoms with Crippen LogP contribution >= 0.6 is 46.8 Å². The Hall–Kier alpha value is -1.29. The molecule has 0 fully saturated rings. The van der Waals surface area contributed by atoms with E-state index in [1.807, 2.05) is 58.4 Å². The molecule has 4 rings (SSSR count). The summed E-state index contributed by atoms with van der Waals surface area (Å²) < 4.78 is 9.01. The topological polar surface area (TPSA) is 44.9 Å². The van der Waals surface area contributed by atoms with E-state index < -0.39 is 0 Å². The van der Waals surface area contributed by atoms with Gasteiger partial charge in [-0.25, -0.2) is 7.50 Å². The maximum absolute atomic E-state index is 6.17. The van der Waals surface area contributed by atoms with Crippen LogP contribution in [0.3, 0.4) is 0 Å². The highest BCUT2D eigenvalue weighted by Crippen LogP contribution is 2.35. The van der Waals surface area contributed by atoms with E-state index in [1.165, 1.54) is 12.2 Å². The summed E-state index contributed by atoms with van der Waals surface area (Å²) in [6, 6.07) is 10.2. The summed E-state index contributed by atoms with van der Waals surface area (Å²) in [4.78, 5) is 8.82. The Morgan fingerprint density at radius 3 is 2.83 bits per heavy atom. The molecule has 4 aromatic rings. The van der Waals surface area contributed by atoms with Gasteiger partial charge in [0.1, 0.15) is 35.2 Å².